The monoisotopic (exact) mass is 165 g/mol. The molecule has 1 fully saturated rings. The molecule has 0 amide bonds. The highest BCUT2D eigenvalue weighted by molar-refractivity contribution is 5.41. The molecule has 2 rings (SSSR count). The Labute approximate surface area is 73.6 Å². The summed E-state index contributed by atoms with van der Waals surface area (Å²) in [4.78, 5) is 0. The van der Waals surface area contributed by atoms with Crippen molar-refractivity contribution in [1.82, 2.24) is 0 Å². The van der Waals surface area contributed by atoms with E-state index in [-0.39, 0.29) is 0 Å². The van der Waals surface area contributed by atoms with Crippen LogP contribution < -0.4 is 5.32 Å². The number of para-hydroxylation sites is 1. The van der Waals surface area contributed by atoms with Crippen molar-refractivity contribution in [2.24, 2.45) is 0 Å². The van der Waals surface area contributed by atoms with Gasteiger partial charge in [-0.3, -0.25) is 0 Å². The van der Waals surface area contributed by atoms with Gasteiger partial charge in [-0.25, -0.2) is 0 Å². The van der Waals surface area contributed by atoms with Crippen LogP contribution in [0.5, 0.6) is 0 Å². The zero-order valence-electron chi connectivity index (χ0n) is 7.42. The minimum absolute atomic E-state index is 0.990. The molecule has 1 aliphatic heterocycles. The zero-order chi connectivity index (χ0) is 8.65. The second-order valence-corrected chi connectivity index (χ2v) is 2.51. The predicted molar refractivity (Wildman–Crippen MR) is 51.4 cm³/mol. The maximum atomic E-state index is 4.50. The van der Waals surface area contributed by atoms with Crippen LogP contribution in [0.2, 0.25) is 0 Å². The van der Waals surface area contributed by atoms with Crippen LogP contribution in [0.25, 0.3) is 0 Å². The van der Waals surface area contributed by atoms with E-state index < -0.39 is 0 Å². The molecule has 0 spiro atoms. The van der Waals surface area contributed by atoms with Crippen molar-refractivity contribution in [3.05, 3.63) is 30.3 Å². The van der Waals surface area contributed by atoms with E-state index in [1.165, 1.54) is 5.69 Å². The molecule has 0 aromatic heterocycles. The molecule has 0 atom stereocenters. The van der Waals surface area contributed by atoms with Gasteiger partial charge in [0.25, 0.3) is 0 Å². The van der Waals surface area contributed by atoms with Crippen LogP contribution in [0.15, 0.2) is 30.3 Å². The molecule has 1 aromatic rings. The van der Waals surface area contributed by atoms with Gasteiger partial charge in [0, 0.05) is 12.2 Å². The van der Waals surface area contributed by atoms with Gasteiger partial charge in [0.05, 0.1) is 13.2 Å². The lowest BCUT2D eigenvalue weighted by Gasteiger charge is -1.99. The van der Waals surface area contributed by atoms with Crippen molar-refractivity contribution in [2.45, 2.75) is 6.92 Å². The highest BCUT2D eigenvalue weighted by atomic mass is 16.6. The van der Waals surface area contributed by atoms with Crippen LogP contribution in [-0.4, -0.2) is 19.8 Å². The molecule has 1 saturated heterocycles. The average Bonchev–Trinajstić information content (AvgIpc) is 2.93. The molecule has 12 heavy (non-hydrogen) atoms. The highest BCUT2D eigenvalue weighted by Crippen LogP contribution is 2.02. The molecular formula is C10H15NO. The first-order chi connectivity index (χ1) is 5.93. The Morgan fingerprint density at radius 2 is 1.83 bits per heavy atom. The van der Waals surface area contributed by atoms with E-state index in [4.69, 9.17) is 0 Å². The number of benzene rings is 1. The first-order valence-corrected chi connectivity index (χ1v) is 4.30. The molecule has 1 aliphatic rings. The van der Waals surface area contributed by atoms with E-state index in [9.17, 15) is 0 Å². The molecule has 2 heteroatoms. The van der Waals surface area contributed by atoms with Gasteiger partial charge in [-0.1, -0.05) is 18.2 Å². The van der Waals surface area contributed by atoms with Crippen LogP contribution in [0.3, 0.4) is 0 Å². The standard InChI is InChI=1S/C8H11N.C2H4O/c1-2-9-8-6-4-3-5-7-8;1-2-3-1/h3-7,9H,2H2,1H3;1-2H2. The summed E-state index contributed by atoms with van der Waals surface area (Å²) in [7, 11) is 0. The van der Waals surface area contributed by atoms with Crippen LogP contribution in [0, 0.1) is 0 Å². The third-order valence-corrected chi connectivity index (χ3v) is 1.36. The van der Waals surface area contributed by atoms with Crippen molar-refractivity contribution in [3.63, 3.8) is 0 Å². The summed E-state index contributed by atoms with van der Waals surface area (Å²) in [5, 5.41) is 3.21. The second kappa shape index (κ2) is 5.61. The van der Waals surface area contributed by atoms with Gasteiger partial charge >= 0.3 is 0 Å². The molecule has 0 saturated carbocycles. The van der Waals surface area contributed by atoms with Crippen molar-refractivity contribution < 1.29 is 4.74 Å². The van der Waals surface area contributed by atoms with Crippen LogP contribution in [0.1, 0.15) is 6.92 Å². The molecule has 66 valence electrons. The molecule has 2 nitrogen and oxygen atoms in total. The molecule has 0 unspecified atom stereocenters. The Bertz CT molecular complexity index is 193. The summed E-state index contributed by atoms with van der Waals surface area (Å²) >= 11 is 0. The number of epoxide rings is 1. The Balaban J connectivity index is 0.000000200. The fourth-order valence-electron chi connectivity index (χ4n) is 0.760. The van der Waals surface area contributed by atoms with Gasteiger partial charge in [0.15, 0.2) is 0 Å². The minimum Gasteiger partial charge on any atom is -0.385 e. The molecule has 0 radical (unpaired) electrons. The normalized spacial score (nSPS) is 12.8. The lowest BCUT2D eigenvalue weighted by atomic mass is 10.3. The van der Waals surface area contributed by atoms with Crippen LogP contribution in [0.4, 0.5) is 5.69 Å². The topological polar surface area (TPSA) is 24.6 Å². The number of rotatable bonds is 2. The molecule has 1 aromatic carbocycles. The van der Waals surface area contributed by atoms with Gasteiger partial charge in [-0.15, -0.1) is 0 Å². The summed E-state index contributed by atoms with van der Waals surface area (Å²) in [5.74, 6) is 0. The molecular weight excluding hydrogens is 150 g/mol. The number of ether oxygens (including phenoxy) is 1. The fraction of sp³-hybridized carbons (Fsp3) is 0.400. The van der Waals surface area contributed by atoms with Gasteiger partial charge < -0.3 is 10.1 Å². The number of hydrogen-bond acceptors (Lipinski definition) is 2. The van der Waals surface area contributed by atoms with Gasteiger partial charge in [0.1, 0.15) is 0 Å². The largest absolute Gasteiger partial charge is 0.385 e. The first kappa shape index (κ1) is 9.07. The predicted octanol–water partition coefficient (Wildman–Crippen LogP) is 2.13. The second-order valence-electron chi connectivity index (χ2n) is 2.51. The van der Waals surface area contributed by atoms with Gasteiger partial charge in [-0.2, -0.15) is 0 Å². The lowest BCUT2D eigenvalue weighted by molar-refractivity contribution is 0.475. The number of anilines is 1. The maximum absolute atomic E-state index is 4.50. The smallest absolute Gasteiger partial charge is 0.0701 e. The summed E-state index contributed by atoms with van der Waals surface area (Å²) in [6.07, 6.45) is 0. The zero-order valence-corrected chi connectivity index (χ0v) is 7.42. The van der Waals surface area contributed by atoms with E-state index in [0.717, 1.165) is 19.8 Å². The SMILES string of the molecule is C1CO1.CCNc1ccccc1. The Morgan fingerprint density at radius 3 is 2.25 bits per heavy atom. The van der Waals surface area contributed by atoms with Gasteiger partial charge in [-0.05, 0) is 19.1 Å². The highest BCUT2D eigenvalue weighted by Gasteiger charge is 1.94. The van der Waals surface area contributed by atoms with Crippen molar-refractivity contribution >= 4 is 5.69 Å². The van der Waals surface area contributed by atoms with E-state index >= 15 is 0 Å². The summed E-state index contributed by atoms with van der Waals surface area (Å²) in [6.45, 7) is 5.08. The van der Waals surface area contributed by atoms with Crippen molar-refractivity contribution in [1.29, 1.82) is 0 Å². The van der Waals surface area contributed by atoms with E-state index in [1.54, 1.807) is 0 Å². The van der Waals surface area contributed by atoms with Gasteiger partial charge in [0.2, 0.25) is 0 Å². The maximum Gasteiger partial charge on any atom is 0.0701 e. The third kappa shape index (κ3) is 4.74. The Morgan fingerprint density at radius 1 is 1.25 bits per heavy atom. The fourth-order valence-corrected chi connectivity index (χ4v) is 0.760. The Hall–Kier alpha value is -1.02. The van der Waals surface area contributed by atoms with Crippen molar-refractivity contribution in [3.8, 4) is 0 Å². The molecule has 0 aliphatic carbocycles. The number of hydrogen-bond donors (Lipinski definition) is 1. The number of nitrogens with one attached hydrogen (secondary N) is 1. The van der Waals surface area contributed by atoms with E-state index in [2.05, 4.69) is 29.1 Å². The van der Waals surface area contributed by atoms with Crippen molar-refractivity contribution in [2.75, 3.05) is 25.1 Å². The van der Waals surface area contributed by atoms with E-state index in [1.807, 2.05) is 18.2 Å². The third-order valence-electron chi connectivity index (χ3n) is 1.36. The summed E-state index contributed by atoms with van der Waals surface area (Å²) in [6, 6.07) is 10.2. The molecule has 1 N–H and O–H groups in total. The summed E-state index contributed by atoms with van der Waals surface area (Å²) in [5.41, 5.74) is 1.19. The lowest BCUT2D eigenvalue weighted by Crippen LogP contribution is -1.94. The summed E-state index contributed by atoms with van der Waals surface area (Å²) < 4.78 is 4.50. The quantitative estimate of drug-likeness (QED) is 0.679. The first-order valence-electron chi connectivity index (χ1n) is 4.30. The van der Waals surface area contributed by atoms with Crippen LogP contribution in [-0.2, 0) is 4.74 Å². The molecule has 1 heterocycles. The van der Waals surface area contributed by atoms with E-state index in [0.29, 0.717) is 0 Å². The Kier molecular flexibility index (Phi) is 4.24. The van der Waals surface area contributed by atoms with Crippen LogP contribution >= 0.6 is 0 Å². The average molecular weight is 165 g/mol. The minimum atomic E-state index is 0.990. The molecule has 0 bridgehead atoms.